The first-order valence-electron chi connectivity index (χ1n) is 5.89. The zero-order valence-electron chi connectivity index (χ0n) is 10.4. The number of halogens is 2. The Labute approximate surface area is 127 Å². The molecule has 0 heterocycles. The summed E-state index contributed by atoms with van der Waals surface area (Å²) in [5, 5.41) is 6.60. The highest BCUT2D eigenvalue weighted by molar-refractivity contribution is 6.30. The summed E-state index contributed by atoms with van der Waals surface area (Å²) in [6.45, 7) is 0. The Balaban J connectivity index is 1.85. The molecule has 3 nitrogen and oxygen atoms in total. The van der Waals surface area contributed by atoms with Crippen LogP contribution in [-0.4, -0.2) is 6.03 Å². The molecule has 0 saturated heterocycles. The normalized spacial score (nSPS) is 10.5. The third kappa shape index (κ3) is 4.61. The van der Waals surface area contributed by atoms with Crippen molar-refractivity contribution in [2.24, 2.45) is 0 Å². The van der Waals surface area contributed by atoms with E-state index >= 15 is 0 Å². The van der Waals surface area contributed by atoms with Crippen LogP contribution in [0.25, 0.3) is 6.08 Å². The van der Waals surface area contributed by atoms with Crippen molar-refractivity contribution in [1.82, 2.24) is 5.32 Å². The van der Waals surface area contributed by atoms with E-state index in [1.165, 1.54) is 0 Å². The molecule has 0 spiro atoms. The van der Waals surface area contributed by atoms with Crippen LogP contribution in [0.4, 0.5) is 10.5 Å². The maximum absolute atomic E-state index is 11.6. The van der Waals surface area contributed by atoms with Gasteiger partial charge in [0, 0.05) is 21.9 Å². The number of nitrogens with one attached hydrogen (secondary N) is 2. The molecular formula is C15H12Cl2N2O. The standard InChI is InChI=1S/C15H12Cl2N2O/c16-12-3-1-11(2-4-12)9-10-18-15(20)19-14-7-5-13(17)6-8-14/h1-10H,(H2,18,19,20)/b10-9+. The molecule has 5 heteroatoms. The minimum atomic E-state index is -0.322. The van der Waals surface area contributed by atoms with Crippen molar-refractivity contribution in [2.75, 3.05) is 5.32 Å². The van der Waals surface area contributed by atoms with Crippen molar-refractivity contribution in [3.8, 4) is 0 Å². The maximum Gasteiger partial charge on any atom is 0.323 e. The summed E-state index contributed by atoms with van der Waals surface area (Å²) in [6.07, 6.45) is 3.34. The highest BCUT2D eigenvalue weighted by Crippen LogP contribution is 2.13. The van der Waals surface area contributed by atoms with Crippen LogP contribution in [0.5, 0.6) is 0 Å². The van der Waals surface area contributed by atoms with Crippen LogP contribution in [0.1, 0.15) is 5.56 Å². The number of amides is 2. The van der Waals surface area contributed by atoms with Crippen LogP contribution >= 0.6 is 23.2 Å². The number of urea groups is 1. The van der Waals surface area contributed by atoms with Gasteiger partial charge in [0.15, 0.2) is 0 Å². The predicted octanol–water partition coefficient (Wildman–Crippen LogP) is 4.79. The quantitative estimate of drug-likeness (QED) is 0.841. The number of carbonyl (C=O) groups excluding carboxylic acids is 1. The lowest BCUT2D eigenvalue weighted by atomic mass is 10.2. The summed E-state index contributed by atoms with van der Waals surface area (Å²) >= 11 is 11.5. The van der Waals surface area contributed by atoms with Gasteiger partial charge in [0.25, 0.3) is 0 Å². The zero-order valence-corrected chi connectivity index (χ0v) is 11.9. The van der Waals surface area contributed by atoms with E-state index in [0.29, 0.717) is 15.7 Å². The molecule has 0 aliphatic rings. The molecule has 2 N–H and O–H groups in total. The van der Waals surface area contributed by atoms with Crippen LogP contribution in [0.3, 0.4) is 0 Å². The molecule has 2 amide bonds. The Bertz CT molecular complexity index is 607. The van der Waals surface area contributed by atoms with Gasteiger partial charge in [-0.3, -0.25) is 0 Å². The van der Waals surface area contributed by atoms with Gasteiger partial charge in [-0.1, -0.05) is 35.3 Å². The van der Waals surface area contributed by atoms with E-state index in [1.807, 2.05) is 12.1 Å². The Kier molecular flexibility index (Phi) is 5.04. The topological polar surface area (TPSA) is 41.1 Å². The minimum Gasteiger partial charge on any atom is -0.314 e. The number of anilines is 1. The third-order valence-corrected chi connectivity index (χ3v) is 2.97. The van der Waals surface area contributed by atoms with E-state index in [0.717, 1.165) is 5.56 Å². The van der Waals surface area contributed by atoms with E-state index in [2.05, 4.69) is 10.6 Å². The maximum atomic E-state index is 11.6. The first-order chi connectivity index (χ1) is 9.63. The van der Waals surface area contributed by atoms with E-state index in [-0.39, 0.29) is 6.03 Å². The van der Waals surface area contributed by atoms with Gasteiger partial charge in [-0.2, -0.15) is 0 Å². The smallest absolute Gasteiger partial charge is 0.314 e. The van der Waals surface area contributed by atoms with Gasteiger partial charge in [0.2, 0.25) is 0 Å². The lowest BCUT2D eigenvalue weighted by molar-refractivity contribution is 0.255. The van der Waals surface area contributed by atoms with Crippen LogP contribution in [0.2, 0.25) is 10.0 Å². The fourth-order valence-corrected chi connectivity index (χ4v) is 1.74. The number of hydrogen-bond acceptors (Lipinski definition) is 1. The molecule has 2 aromatic rings. The fraction of sp³-hybridized carbons (Fsp3) is 0. The lowest BCUT2D eigenvalue weighted by Gasteiger charge is -2.04. The molecule has 0 aromatic heterocycles. The monoisotopic (exact) mass is 306 g/mol. The second kappa shape index (κ2) is 6.98. The Morgan fingerprint density at radius 3 is 2.05 bits per heavy atom. The molecule has 2 aromatic carbocycles. The van der Waals surface area contributed by atoms with Crippen molar-refractivity contribution in [3.63, 3.8) is 0 Å². The zero-order chi connectivity index (χ0) is 14.4. The Morgan fingerprint density at radius 2 is 1.45 bits per heavy atom. The molecule has 0 atom stereocenters. The van der Waals surface area contributed by atoms with Crippen LogP contribution in [-0.2, 0) is 0 Å². The molecule has 0 fully saturated rings. The Morgan fingerprint density at radius 1 is 0.900 bits per heavy atom. The third-order valence-electron chi connectivity index (χ3n) is 2.46. The molecule has 0 radical (unpaired) electrons. The van der Waals surface area contributed by atoms with Crippen molar-refractivity contribution < 1.29 is 4.79 Å². The molecule has 0 aliphatic heterocycles. The van der Waals surface area contributed by atoms with Gasteiger partial charge in [0.1, 0.15) is 0 Å². The number of rotatable bonds is 3. The minimum absolute atomic E-state index is 0.322. The summed E-state index contributed by atoms with van der Waals surface area (Å²) in [7, 11) is 0. The first-order valence-corrected chi connectivity index (χ1v) is 6.64. The highest BCUT2D eigenvalue weighted by atomic mass is 35.5. The molecule has 0 aliphatic carbocycles. The predicted molar refractivity (Wildman–Crippen MR) is 84.1 cm³/mol. The van der Waals surface area contributed by atoms with Gasteiger partial charge in [-0.25, -0.2) is 4.79 Å². The molecule has 0 saturated carbocycles. The van der Waals surface area contributed by atoms with Crippen molar-refractivity contribution >= 4 is 41.0 Å². The van der Waals surface area contributed by atoms with Crippen molar-refractivity contribution in [2.45, 2.75) is 0 Å². The summed E-state index contributed by atoms with van der Waals surface area (Å²) in [5.74, 6) is 0. The molecule has 0 bridgehead atoms. The molecule has 0 unspecified atom stereocenters. The van der Waals surface area contributed by atoms with Crippen LogP contribution in [0.15, 0.2) is 54.7 Å². The summed E-state index contributed by atoms with van der Waals surface area (Å²) in [5.41, 5.74) is 1.62. The molecule has 20 heavy (non-hydrogen) atoms. The fourth-order valence-electron chi connectivity index (χ4n) is 1.49. The van der Waals surface area contributed by atoms with E-state index < -0.39 is 0 Å². The van der Waals surface area contributed by atoms with Gasteiger partial charge in [-0.15, -0.1) is 0 Å². The molecule has 2 rings (SSSR count). The van der Waals surface area contributed by atoms with Crippen molar-refractivity contribution in [1.29, 1.82) is 0 Å². The van der Waals surface area contributed by atoms with E-state index in [9.17, 15) is 4.79 Å². The first kappa shape index (κ1) is 14.4. The SMILES string of the molecule is O=C(N/C=C/c1ccc(Cl)cc1)Nc1ccc(Cl)cc1. The largest absolute Gasteiger partial charge is 0.323 e. The second-order valence-electron chi connectivity index (χ2n) is 3.99. The number of benzene rings is 2. The lowest BCUT2D eigenvalue weighted by Crippen LogP contribution is -2.23. The van der Waals surface area contributed by atoms with Gasteiger partial charge in [0.05, 0.1) is 0 Å². The van der Waals surface area contributed by atoms with Crippen LogP contribution in [0, 0.1) is 0 Å². The second-order valence-corrected chi connectivity index (χ2v) is 4.86. The molecular weight excluding hydrogens is 295 g/mol. The molecule has 102 valence electrons. The van der Waals surface area contributed by atoms with Gasteiger partial charge >= 0.3 is 6.03 Å². The highest BCUT2D eigenvalue weighted by Gasteiger charge is 1.98. The summed E-state index contributed by atoms with van der Waals surface area (Å²) in [6, 6.07) is 13.8. The average Bonchev–Trinajstić information content (AvgIpc) is 2.44. The summed E-state index contributed by atoms with van der Waals surface area (Å²) in [4.78, 5) is 11.6. The number of carbonyl (C=O) groups is 1. The van der Waals surface area contributed by atoms with Gasteiger partial charge < -0.3 is 10.6 Å². The van der Waals surface area contributed by atoms with E-state index in [4.69, 9.17) is 23.2 Å². The number of hydrogen-bond donors (Lipinski definition) is 2. The van der Waals surface area contributed by atoms with Crippen LogP contribution < -0.4 is 10.6 Å². The van der Waals surface area contributed by atoms with Gasteiger partial charge in [-0.05, 0) is 48.0 Å². The average molecular weight is 307 g/mol. The summed E-state index contributed by atoms with van der Waals surface area (Å²) < 4.78 is 0. The van der Waals surface area contributed by atoms with E-state index in [1.54, 1.807) is 48.7 Å². The van der Waals surface area contributed by atoms with Crippen molar-refractivity contribution in [3.05, 3.63) is 70.3 Å². The Hall–Kier alpha value is -1.97.